The van der Waals surface area contributed by atoms with Gasteiger partial charge in [-0.3, -0.25) is 0 Å². The fourth-order valence-corrected chi connectivity index (χ4v) is 1.54. The third-order valence-corrected chi connectivity index (χ3v) is 2.11. The summed E-state index contributed by atoms with van der Waals surface area (Å²) in [5.74, 6) is -0.0726. The van der Waals surface area contributed by atoms with Crippen molar-refractivity contribution in [3.8, 4) is 11.5 Å². The number of phenolic OH excluding ortho intramolecular Hbond substituents is 2. The molecule has 2 N–H and O–H groups in total. The van der Waals surface area contributed by atoms with Gasteiger partial charge in [-0.2, -0.15) is 0 Å². The van der Waals surface area contributed by atoms with Crippen LogP contribution in [0.25, 0.3) is 0 Å². The molecule has 0 saturated heterocycles. The van der Waals surface area contributed by atoms with Gasteiger partial charge in [0, 0.05) is 0 Å². The molecule has 0 saturated carbocycles. The number of aromatic hydroxyl groups is 2. The minimum atomic E-state index is -0.0419. The molecule has 12 heavy (non-hydrogen) atoms. The maximum atomic E-state index is 9.20. The Labute approximate surface area is 72.8 Å². The standard InChI is InChI=1S/C7H7B3O2/c8-7-9-3-1-5(11)6(12)2-4(3)10-7/h1-2,9,11-12H,8H2. The van der Waals surface area contributed by atoms with Gasteiger partial charge < -0.3 is 0 Å². The number of hydrogen-bond acceptors (Lipinski definition) is 2. The first-order valence-corrected chi connectivity index (χ1v) is 3.89. The first-order chi connectivity index (χ1) is 5.66. The molecule has 56 valence electrons. The normalized spacial score (nSPS) is 12.8. The molecular formula is C7H7B3O2. The van der Waals surface area contributed by atoms with Crippen LogP contribution in [0.4, 0.5) is 0 Å². The number of benzene rings is 1. The Hall–Kier alpha value is -1.12. The number of fused-ring (bicyclic) bond motifs is 1. The first-order valence-electron chi connectivity index (χ1n) is 3.89. The molecule has 5 heteroatoms. The van der Waals surface area contributed by atoms with Crippen LogP contribution < -0.4 is 10.9 Å². The first kappa shape index (κ1) is 7.53. The van der Waals surface area contributed by atoms with E-state index in [1.54, 1.807) is 12.1 Å². The third-order valence-electron chi connectivity index (χ3n) is 2.11. The molecule has 0 radical (unpaired) electrons. The van der Waals surface area contributed by atoms with E-state index in [4.69, 9.17) is 0 Å². The molecule has 0 bridgehead atoms. The predicted octanol–water partition coefficient (Wildman–Crippen LogP) is -2.78. The molecule has 1 aromatic carbocycles. The van der Waals surface area contributed by atoms with Crippen molar-refractivity contribution in [1.82, 2.24) is 0 Å². The van der Waals surface area contributed by atoms with Crippen LogP contribution in [0.3, 0.4) is 0 Å². The van der Waals surface area contributed by atoms with E-state index in [0.717, 1.165) is 18.2 Å². The summed E-state index contributed by atoms with van der Waals surface area (Å²) in [6, 6.07) is 3.22. The zero-order valence-electron chi connectivity index (χ0n) is 6.83. The van der Waals surface area contributed by atoms with Crippen molar-refractivity contribution in [3.63, 3.8) is 0 Å². The van der Waals surface area contributed by atoms with Crippen LogP contribution in [0.15, 0.2) is 12.1 Å². The van der Waals surface area contributed by atoms with Crippen molar-refractivity contribution >= 4 is 38.2 Å². The fraction of sp³-hybridized carbons (Fsp3) is 0. The van der Waals surface area contributed by atoms with Gasteiger partial charge in [0.2, 0.25) is 0 Å². The SMILES string of the molecule is BC1=Bc2cc(O)c(O)cc2B1. The van der Waals surface area contributed by atoms with Gasteiger partial charge in [0.1, 0.15) is 0 Å². The summed E-state index contributed by atoms with van der Waals surface area (Å²) in [5.41, 5.74) is 2.10. The monoisotopic (exact) mass is 156 g/mol. The molecule has 2 rings (SSSR count). The summed E-state index contributed by atoms with van der Waals surface area (Å²) >= 11 is 0. The van der Waals surface area contributed by atoms with E-state index in [1.165, 1.54) is 5.26 Å². The molecule has 0 atom stereocenters. The molecule has 1 aromatic rings. The van der Waals surface area contributed by atoms with Crippen molar-refractivity contribution in [1.29, 1.82) is 0 Å². The van der Waals surface area contributed by atoms with Gasteiger partial charge in [0.25, 0.3) is 0 Å². The molecular weight excluding hydrogens is 149 g/mol. The van der Waals surface area contributed by atoms with Gasteiger partial charge in [0.15, 0.2) is 0 Å². The number of rotatable bonds is 0. The summed E-state index contributed by atoms with van der Waals surface area (Å²) in [5, 5.41) is 19.6. The second-order valence-electron chi connectivity index (χ2n) is 3.21. The van der Waals surface area contributed by atoms with Crippen LogP contribution in [-0.2, 0) is 0 Å². The Kier molecular flexibility index (Phi) is 1.53. The Balaban J connectivity index is 2.57. The molecule has 1 aliphatic heterocycles. The van der Waals surface area contributed by atoms with Gasteiger partial charge >= 0.3 is 72.1 Å². The van der Waals surface area contributed by atoms with Crippen LogP contribution in [0.1, 0.15) is 0 Å². The Morgan fingerprint density at radius 1 is 1.25 bits per heavy atom. The topological polar surface area (TPSA) is 40.5 Å². The Morgan fingerprint density at radius 3 is 2.67 bits per heavy atom. The zero-order chi connectivity index (χ0) is 8.72. The molecule has 0 unspecified atom stereocenters. The second-order valence-corrected chi connectivity index (χ2v) is 3.21. The van der Waals surface area contributed by atoms with Crippen molar-refractivity contribution in [2.24, 2.45) is 0 Å². The Bertz CT molecular complexity index is 373. The number of hydrogen-bond donors (Lipinski definition) is 2. The summed E-state index contributed by atoms with van der Waals surface area (Å²) in [6.07, 6.45) is 0. The van der Waals surface area contributed by atoms with Crippen LogP contribution in [0.5, 0.6) is 11.5 Å². The predicted molar refractivity (Wildman–Crippen MR) is 55.5 cm³/mol. The van der Waals surface area contributed by atoms with Crippen molar-refractivity contribution < 1.29 is 10.2 Å². The zero-order valence-corrected chi connectivity index (χ0v) is 6.83. The van der Waals surface area contributed by atoms with E-state index >= 15 is 0 Å². The summed E-state index contributed by atoms with van der Waals surface area (Å²) < 4.78 is 0. The van der Waals surface area contributed by atoms with Gasteiger partial charge in [-0.25, -0.2) is 0 Å². The minimum absolute atomic E-state index is 0.0307. The van der Waals surface area contributed by atoms with E-state index < -0.39 is 0 Å². The van der Waals surface area contributed by atoms with Crippen molar-refractivity contribution in [2.45, 2.75) is 0 Å². The summed E-state index contributed by atoms with van der Waals surface area (Å²) in [7, 11) is 2.91. The van der Waals surface area contributed by atoms with E-state index in [-0.39, 0.29) is 11.5 Å². The van der Waals surface area contributed by atoms with E-state index in [9.17, 15) is 10.2 Å². The summed E-state index contributed by atoms with van der Waals surface area (Å²) in [4.78, 5) is 0. The molecule has 0 spiro atoms. The van der Waals surface area contributed by atoms with Crippen LogP contribution in [0.2, 0.25) is 0 Å². The van der Waals surface area contributed by atoms with Crippen molar-refractivity contribution in [2.75, 3.05) is 0 Å². The second kappa shape index (κ2) is 2.44. The van der Waals surface area contributed by atoms with E-state index in [0.29, 0.717) is 0 Å². The van der Waals surface area contributed by atoms with Gasteiger partial charge in [-0.1, -0.05) is 0 Å². The molecule has 1 aliphatic rings. The molecule has 0 aromatic heterocycles. The van der Waals surface area contributed by atoms with Gasteiger partial charge in [-0.05, 0) is 0 Å². The quantitative estimate of drug-likeness (QED) is 0.315. The van der Waals surface area contributed by atoms with E-state index in [1.807, 2.05) is 14.8 Å². The maximum absolute atomic E-state index is 9.20. The molecule has 0 fully saturated rings. The third kappa shape index (κ3) is 1.05. The number of phenols is 2. The molecule has 0 amide bonds. The van der Waals surface area contributed by atoms with Crippen LogP contribution in [-0.4, -0.2) is 37.5 Å². The van der Waals surface area contributed by atoms with E-state index in [2.05, 4.69) is 0 Å². The average Bonchev–Trinajstić information content (AvgIpc) is 2.30. The van der Waals surface area contributed by atoms with Crippen molar-refractivity contribution in [3.05, 3.63) is 12.1 Å². The summed E-state index contributed by atoms with van der Waals surface area (Å²) in [6.45, 7) is 2.02. The molecule has 2 nitrogen and oxygen atoms in total. The van der Waals surface area contributed by atoms with Gasteiger partial charge in [-0.15, -0.1) is 0 Å². The van der Waals surface area contributed by atoms with Crippen LogP contribution in [0, 0.1) is 0 Å². The molecule has 1 heterocycles. The fourth-order valence-electron chi connectivity index (χ4n) is 1.54. The molecule has 0 aliphatic carbocycles. The average molecular weight is 156 g/mol. The van der Waals surface area contributed by atoms with Gasteiger partial charge in [0.05, 0.1) is 0 Å². The van der Waals surface area contributed by atoms with Crippen LogP contribution >= 0.6 is 0 Å². The Morgan fingerprint density at radius 2 is 1.92 bits per heavy atom.